The standard InChI is InChI=1S/C15H16ClNO/c1-10(2)11-3-5-12(6-4-11)15(18)13-7-8-14(16)17-9-13/h3-10,15,18H,1-2H3. The number of hydrogen-bond acceptors (Lipinski definition) is 2. The maximum Gasteiger partial charge on any atom is 0.129 e. The van der Waals surface area contributed by atoms with Crippen molar-refractivity contribution in [2.75, 3.05) is 0 Å². The third-order valence-corrected chi connectivity index (χ3v) is 3.21. The zero-order valence-electron chi connectivity index (χ0n) is 10.5. The van der Waals surface area contributed by atoms with E-state index in [0.717, 1.165) is 11.1 Å². The van der Waals surface area contributed by atoms with Gasteiger partial charge in [0, 0.05) is 11.8 Å². The number of aliphatic hydroxyl groups excluding tert-OH is 1. The molecule has 1 unspecified atom stereocenters. The molecule has 0 fully saturated rings. The number of rotatable bonds is 3. The summed E-state index contributed by atoms with van der Waals surface area (Å²) in [5.41, 5.74) is 2.88. The molecule has 1 aromatic carbocycles. The number of nitrogens with zero attached hydrogens (tertiary/aromatic N) is 1. The van der Waals surface area contributed by atoms with Crippen LogP contribution < -0.4 is 0 Å². The van der Waals surface area contributed by atoms with Gasteiger partial charge in [0.15, 0.2) is 0 Å². The lowest BCUT2D eigenvalue weighted by molar-refractivity contribution is 0.220. The smallest absolute Gasteiger partial charge is 0.129 e. The van der Waals surface area contributed by atoms with Crippen molar-refractivity contribution >= 4 is 11.6 Å². The Morgan fingerprint density at radius 3 is 2.00 bits per heavy atom. The fourth-order valence-electron chi connectivity index (χ4n) is 1.80. The van der Waals surface area contributed by atoms with E-state index in [0.29, 0.717) is 11.1 Å². The molecule has 18 heavy (non-hydrogen) atoms. The van der Waals surface area contributed by atoms with Gasteiger partial charge >= 0.3 is 0 Å². The van der Waals surface area contributed by atoms with Crippen LogP contribution in [0.3, 0.4) is 0 Å². The van der Waals surface area contributed by atoms with E-state index in [1.54, 1.807) is 18.3 Å². The molecule has 3 heteroatoms. The number of aliphatic hydroxyl groups is 1. The van der Waals surface area contributed by atoms with Crippen LogP contribution in [-0.4, -0.2) is 10.1 Å². The van der Waals surface area contributed by atoms with E-state index in [1.165, 1.54) is 5.56 Å². The number of aromatic nitrogens is 1. The molecule has 0 saturated carbocycles. The van der Waals surface area contributed by atoms with E-state index < -0.39 is 6.10 Å². The Bertz CT molecular complexity index is 505. The average molecular weight is 262 g/mol. The van der Waals surface area contributed by atoms with E-state index in [2.05, 4.69) is 18.8 Å². The zero-order valence-corrected chi connectivity index (χ0v) is 11.2. The van der Waals surface area contributed by atoms with E-state index in [9.17, 15) is 5.11 Å². The van der Waals surface area contributed by atoms with Crippen molar-refractivity contribution in [1.29, 1.82) is 0 Å². The zero-order chi connectivity index (χ0) is 13.1. The molecule has 0 spiro atoms. The van der Waals surface area contributed by atoms with Crippen molar-refractivity contribution in [3.8, 4) is 0 Å². The molecule has 0 aliphatic heterocycles. The van der Waals surface area contributed by atoms with Gasteiger partial charge in [0.25, 0.3) is 0 Å². The lowest BCUT2D eigenvalue weighted by Crippen LogP contribution is -2.00. The number of pyridine rings is 1. The normalized spacial score (nSPS) is 12.7. The average Bonchev–Trinajstić information content (AvgIpc) is 2.39. The monoisotopic (exact) mass is 261 g/mol. The summed E-state index contributed by atoms with van der Waals surface area (Å²) < 4.78 is 0. The molecule has 1 N–H and O–H groups in total. The van der Waals surface area contributed by atoms with Crippen molar-refractivity contribution < 1.29 is 5.11 Å². The van der Waals surface area contributed by atoms with Crippen molar-refractivity contribution in [2.45, 2.75) is 25.9 Å². The van der Waals surface area contributed by atoms with Crippen LogP contribution in [0.5, 0.6) is 0 Å². The summed E-state index contributed by atoms with van der Waals surface area (Å²) in [4.78, 5) is 3.98. The van der Waals surface area contributed by atoms with Crippen molar-refractivity contribution in [2.24, 2.45) is 0 Å². The lowest BCUT2D eigenvalue weighted by Gasteiger charge is -2.12. The van der Waals surface area contributed by atoms with Crippen LogP contribution in [0, 0.1) is 0 Å². The summed E-state index contributed by atoms with van der Waals surface area (Å²) in [6.07, 6.45) is 0.944. The maximum absolute atomic E-state index is 10.2. The van der Waals surface area contributed by atoms with Crippen LogP contribution in [0.25, 0.3) is 0 Å². The van der Waals surface area contributed by atoms with Gasteiger partial charge in [-0.15, -0.1) is 0 Å². The summed E-state index contributed by atoms with van der Waals surface area (Å²) in [6.45, 7) is 4.29. The molecule has 2 rings (SSSR count). The summed E-state index contributed by atoms with van der Waals surface area (Å²) >= 11 is 5.73. The molecule has 0 bridgehead atoms. The highest BCUT2D eigenvalue weighted by atomic mass is 35.5. The Morgan fingerprint density at radius 1 is 0.944 bits per heavy atom. The van der Waals surface area contributed by atoms with Crippen LogP contribution in [0.15, 0.2) is 42.6 Å². The molecule has 0 amide bonds. The van der Waals surface area contributed by atoms with Crippen LogP contribution in [-0.2, 0) is 0 Å². The predicted octanol–water partition coefficient (Wildman–Crippen LogP) is 3.94. The predicted molar refractivity (Wildman–Crippen MR) is 73.8 cm³/mol. The second-order valence-corrected chi connectivity index (χ2v) is 5.03. The van der Waals surface area contributed by atoms with Crippen LogP contribution in [0.2, 0.25) is 5.15 Å². The number of benzene rings is 1. The summed E-state index contributed by atoms with van der Waals surface area (Å²) in [5.74, 6) is 0.494. The lowest BCUT2D eigenvalue weighted by atomic mass is 9.98. The molecule has 2 nitrogen and oxygen atoms in total. The summed E-state index contributed by atoms with van der Waals surface area (Å²) in [5, 5.41) is 10.7. The van der Waals surface area contributed by atoms with Gasteiger partial charge in [0.2, 0.25) is 0 Å². The number of halogens is 1. The SMILES string of the molecule is CC(C)c1ccc(C(O)c2ccc(Cl)nc2)cc1. The largest absolute Gasteiger partial charge is 0.384 e. The van der Waals surface area contributed by atoms with Crippen LogP contribution in [0.1, 0.15) is 42.6 Å². The van der Waals surface area contributed by atoms with Gasteiger partial charge in [0.05, 0.1) is 0 Å². The molecular formula is C15H16ClNO. The maximum atomic E-state index is 10.2. The van der Waals surface area contributed by atoms with E-state index >= 15 is 0 Å². The fraction of sp³-hybridized carbons (Fsp3) is 0.267. The van der Waals surface area contributed by atoms with Crippen molar-refractivity contribution in [1.82, 2.24) is 4.98 Å². The van der Waals surface area contributed by atoms with E-state index in [1.807, 2.05) is 24.3 Å². The van der Waals surface area contributed by atoms with Crippen LogP contribution >= 0.6 is 11.6 Å². The highest BCUT2D eigenvalue weighted by Crippen LogP contribution is 2.24. The Kier molecular flexibility index (Phi) is 4.00. The molecule has 0 aliphatic rings. The first kappa shape index (κ1) is 13.1. The second kappa shape index (κ2) is 5.51. The second-order valence-electron chi connectivity index (χ2n) is 4.64. The Balaban J connectivity index is 2.23. The minimum absolute atomic E-state index is 0.432. The first-order valence-electron chi connectivity index (χ1n) is 5.97. The fourth-order valence-corrected chi connectivity index (χ4v) is 1.92. The topological polar surface area (TPSA) is 33.1 Å². The van der Waals surface area contributed by atoms with Gasteiger partial charge < -0.3 is 5.11 Å². The molecule has 0 saturated heterocycles. The van der Waals surface area contributed by atoms with E-state index in [-0.39, 0.29) is 0 Å². The van der Waals surface area contributed by atoms with Crippen molar-refractivity contribution in [3.63, 3.8) is 0 Å². The molecule has 0 aliphatic carbocycles. The van der Waals surface area contributed by atoms with Gasteiger partial charge in [-0.05, 0) is 23.1 Å². The molecule has 0 radical (unpaired) electrons. The minimum Gasteiger partial charge on any atom is -0.384 e. The molecular weight excluding hydrogens is 246 g/mol. The molecule has 1 aromatic heterocycles. The quantitative estimate of drug-likeness (QED) is 0.849. The Labute approximate surface area is 112 Å². The third kappa shape index (κ3) is 2.89. The minimum atomic E-state index is -0.657. The molecule has 1 heterocycles. The van der Waals surface area contributed by atoms with Gasteiger partial charge in [-0.1, -0.05) is 55.8 Å². The van der Waals surface area contributed by atoms with Crippen molar-refractivity contribution in [3.05, 3.63) is 64.4 Å². The van der Waals surface area contributed by atoms with Crippen LogP contribution in [0.4, 0.5) is 0 Å². The highest BCUT2D eigenvalue weighted by Gasteiger charge is 2.11. The van der Waals surface area contributed by atoms with Gasteiger partial charge in [0.1, 0.15) is 11.3 Å². The van der Waals surface area contributed by atoms with E-state index in [4.69, 9.17) is 11.6 Å². The molecule has 1 atom stereocenters. The first-order valence-corrected chi connectivity index (χ1v) is 6.35. The Hall–Kier alpha value is -1.38. The van der Waals surface area contributed by atoms with Gasteiger partial charge in [-0.3, -0.25) is 0 Å². The van der Waals surface area contributed by atoms with Gasteiger partial charge in [-0.25, -0.2) is 4.98 Å². The molecule has 2 aromatic rings. The third-order valence-electron chi connectivity index (χ3n) is 2.98. The Morgan fingerprint density at radius 2 is 1.50 bits per heavy atom. The summed E-state index contributed by atoms with van der Waals surface area (Å²) in [7, 11) is 0. The van der Waals surface area contributed by atoms with Gasteiger partial charge in [-0.2, -0.15) is 0 Å². The molecule has 94 valence electrons. The highest BCUT2D eigenvalue weighted by molar-refractivity contribution is 6.29. The summed E-state index contributed by atoms with van der Waals surface area (Å²) in [6, 6.07) is 11.5. The first-order chi connectivity index (χ1) is 8.58. The number of hydrogen-bond donors (Lipinski definition) is 1.